The SMILES string of the molecule is CCOCC(=O)N1CCCC(c2[nH]ncc2C)C1. The summed E-state index contributed by atoms with van der Waals surface area (Å²) in [4.78, 5) is 13.8. The van der Waals surface area contributed by atoms with Crippen molar-refractivity contribution >= 4 is 5.91 Å². The van der Waals surface area contributed by atoms with Crippen molar-refractivity contribution in [3.63, 3.8) is 0 Å². The zero-order valence-corrected chi connectivity index (χ0v) is 11.1. The van der Waals surface area contributed by atoms with Crippen LogP contribution in [-0.2, 0) is 9.53 Å². The molecule has 1 fully saturated rings. The molecule has 1 aliphatic rings. The second kappa shape index (κ2) is 6.00. The molecular weight excluding hydrogens is 230 g/mol. The van der Waals surface area contributed by atoms with E-state index in [1.165, 1.54) is 11.3 Å². The Morgan fingerprint density at radius 2 is 2.50 bits per heavy atom. The van der Waals surface area contributed by atoms with Crippen LogP contribution >= 0.6 is 0 Å². The van der Waals surface area contributed by atoms with Crippen molar-refractivity contribution in [1.29, 1.82) is 0 Å². The third kappa shape index (κ3) is 2.90. The number of H-pyrrole nitrogens is 1. The zero-order chi connectivity index (χ0) is 13.0. The minimum absolute atomic E-state index is 0.0960. The van der Waals surface area contributed by atoms with Gasteiger partial charge in [0.1, 0.15) is 6.61 Å². The van der Waals surface area contributed by atoms with E-state index in [4.69, 9.17) is 4.74 Å². The van der Waals surface area contributed by atoms with Crippen LogP contribution in [0.25, 0.3) is 0 Å². The van der Waals surface area contributed by atoms with E-state index in [0.29, 0.717) is 12.5 Å². The lowest BCUT2D eigenvalue weighted by molar-refractivity contribution is -0.137. The largest absolute Gasteiger partial charge is 0.372 e. The molecule has 0 aromatic carbocycles. The first-order valence-electron chi connectivity index (χ1n) is 6.57. The molecule has 0 spiro atoms. The standard InChI is InChI=1S/C13H21N3O2/c1-3-18-9-12(17)16-6-4-5-11(8-16)13-10(2)7-14-15-13/h7,11H,3-6,8-9H2,1-2H3,(H,14,15). The number of aromatic amines is 1. The number of carbonyl (C=O) groups is 1. The summed E-state index contributed by atoms with van der Waals surface area (Å²) in [6.07, 6.45) is 4.00. The first-order chi connectivity index (χ1) is 8.72. The van der Waals surface area contributed by atoms with Crippen molar-refractivity contribution in [3.05, 3.63) is 17.5 Å². The second-order valence-electron chi connectivity index (χ2n) is 4.78. The number of piperidine rings is 1. The molecule has 2 rings (SSSR count). The van der Waals surface area contributed by atoms with Crippen molar-refractivity contribution in [1.82, 2.24) is 15.1 Å². The molecule has 1 aromatic rings. The maximum atomic E-state index is 11.9. The van der Waals surface area contributed by atoms with Gasteiger partial charge in [-0.2, -0.15) is 5.10 Å². The van der Waals surface area contributed by atoms with E-state index in [2.05, 4.69) is 17.1 Å². The number of aryl methyl sites for hydroxylation is 1. The van der Waals surface area contributed by atoms with Crippen LogP contribution in [0.3, 0.4) is 0 Å². The van der Waals surface area contributed by atoms with Gasteiger partial charge in [-0.25, -0.2) is 0 Å². The number of likely N-dealkylation sites (tertiary alicyclic amines) is 1. The lowest BCUT2D eigenvalue weighted by Crippen LogP contribution is -2.41. The van der Waals surface area contributed by atoms with Crippen molar-refractivity contribution in [2.24, 2.45) is 0 Å². The maximum Gasteiger partial charge on any atom is 0.248 e. The highest BCUT2D eigenvalue weighted by Gasteiger charge is 2.26. The Kier molecular flexibility index (Phi) is 4.36. The number of nitrogens with one attached hydrogen (secondary N) is 1. The number of nitrogens with zero attached hydrogens (tertiary/aromatic N) is 2. The van der Waals surface area contributed by atoms with Crippen LogP contribution in [0.4, 0.5) is 0 Å². The van der Waals surface area contributed by atoms with Gasteiger partial charge in [-0.15, -0.1) is 0 Å². The summed E-state index contributed by atoms with van der Waals surface area (Å²) in [5.41, 5.74) is 2.35. The van der Waals surface area contributed by atoms with Gasteiger partial charge in [-0.3, -0.25) is 9.89 Å². The fourth-order valence-corrected chi connectivity index (χ4v) is 2.49. The Bertz CT molecular complexity index is 403. The average molecular weight is 251 g/mol. The number of carbonyl (C=O) groups excluding carboxylic acids is 1. The predicted octanol–water partition coefficient (Wildman–Crippen LogP) is 1.46. The molecule has 1 unspecified atom stereocenters. The number of hydrogen-bond donors (Lipinski definition) is 1. The number of aromatic nitrogens is 2. The normalized spacial score (nSPS) is 20.1. The molecule has 1 amide bonds. The summed E-state index contributed by atoms with van der Waals surface area (Å²) in [6.45, 7) is 6.36. The molecule has 1 aromatic heterocycles. The number of ether oxygens (including phenoxy) is 1. The van der Waals surface area contributed by atoms with Gasteiger partial charge < -0.3 is 9.64 Å². The summed E-state index contributed by atoms with van der Waals surface area (Å²) in [7, 11) is 0. The van der Waals surface area contributed by atoms with Gasteiger partial charge >= 0.3 is 0 Å². The highest BCUT2D eigenvalue weighted by Crippen LogP contribution is 2.27. The van der Waals surface area contributed by atoms with Crippen molar-refractivity contribution < 1.29 is 9.53 Å². The van der Waals surface area contributed by atoms with Crippen molar-refractivity contribution in [3.8, 4) is 0 Å². The molecule has 18 heavy (non-hydrogen) atoms. The molecule has 2 heterocycles. The van der Waals surface area contributed by atoms with E-state index in [-0.39, 0.29) is 12.5 Å². The fourth-order valence-electron chi connectivity index (χ4n) is 2.49. The van der Waals surface area contributed by atoms with Crippen LogP contribution in [0.1, 0.15) is 36.9 Å². The minimum atomic E-state index is 0.0960. The highest BCUT2D eigenvalue weighted by atomic mass is 16.5. The van der Waals surface area contributed by atoms with Crippen LogP contribution in [0.15, 0.2) is 6.20 Å². The maximum absolute atomic E-state index is 11.9. The van der Waals surface area contributed by atoms with E-state index in [1.54, 1.807) is 0 Å². The van der Waals surface area contributed by atoms with Gasteiger partial charge in [0.25, 0.3) is 0 Å². The molecule has 0 radical (unpaired) electrons. The van der Waals surface area contributed by atoms with Gasteiger partial charge in [-0.1, -0.05) is 0 Å². The molecule has 1 aliphatic heterocycles. The fraction of sp³-hybridized carbons (Fsp3) is 0.692. The molecule has 0 saturated carbocycles. The monoisotopic (exact) mass is 251 g/mol. The molecule has 0 aliphatic carbocycles. The van der Waals surface area contributed by atoms with Crippen LogP contribution in [0.2, 0.25) is 0 Å². The Morgan fingerprint density at radius 1 is 1.67 bits per heavy atom. The van der Waals surface area contributed by atoms with E-state index < -0.39 is 0 Å². The summed E-state index contributed by atoms with van der Waals surface area (Å²) in [6, 6.07) is 0. The first-order valence-corrected chi connectivity index (χ1v) is 6.57. The zero-order valence-electron chi connectivity index (χ0n) is 11.1. The van der Waals surface area contributed by atoms with Crippen LogP contribution in [0.5, 0.6) is 0 Å². The van der Waals surface area contributed by atoms with E-state index in [9.17, 15) is 4.79 Å². The quantitative estimate of drug-likeness (QED) is 0.881. The van der Waals surface area contributed by atoms with Gasteiger partial charge in [0.15, 0.2) is 0 Å². The number of hydrogen-bond acceptors (Lipinski definition) is 3. The Morgan fingerprint density at radius 3 is 3.17 bits per heavy atom. The van der Waals surface area contributed by atoms with Gasteiger partial charge in [0.2, 0.25) is 5.91 Å². The molecule has 0 bridgehead atoms. The summed E-state index contributed by atoms with van der Waals surface area (Å²) in [5, 5.41) is 7.12. The molecule has 1 saturated heterocycles. The Labute approximate surface area is 108 Å². The van der Waals surface area contributed by atoms with E-state index >= 15 is 0 Å². The smallest absolute Gasteiger partial charge is 0.248 e. The summed E-state index contributed by atoms with van der Waals surface area (Å²) in [5.74, 6) is 0.477. The second-order valence-corrected chi connectivity index (χ2v) is 4.78. The van der Waals surface area contributed by atoms with Gasteiger partial charge in [0.05, 0.1) is 6.20 Å². The first kappa shape index (κ1) is 13.1. The average Bonchev–Trinajstić information content (AvgIpc) is 2.82. The molecule has 5 nitrogen and oxygen atoms in total. The molecule has 1 N–H and O–H groups in total. The topological polar surface area (TPSA) is 58.2 Å². The third-order valence-electron chi connectivity index (χ3n) is 3.48. The summed E-state index contributed by atoms with van der Waals surface area (Å²) >= 11 is 0. The van der Waals surface area contributed by atoms with E-state index in [1.807, 2.05) is 18.0 Å². The van der Waals surface area contributed by atoms with Gasteiger partial charge in [0, 0.05) is 31.3 Å². The van der Waals surface area contributed by atoms with E-state index in [0.717, 1.165) is 25.9 Å². The third-order valence-corrected chi connectivity index (χ3v) is 3.48. The van der Waals surface area contributed by atoms with Crippen molar-refractivity contribution in [2.75, 3.05) is 26.3 Å². The summed E-state index contributed by atoms with van der Waals surface area (Å²) < 4.78 is 5.19. The Hall–Kier alpha value is -1.36. The van der Waals surface area contributed by atoms with Gasteiger partial charge in [-0.05, 0) is 32.3 Å². The molecular formula is C13H21N3O2. The minimum Gasteiger partial charge on any atom is -0.372 e. The highest BCUT2D eigenvalue weighted by molar-refractivity contribution is 5.77. The van der Waals surface area contributed by atoms with Crippen LogP contribution in [-0.4, -0.2) is 47.3 Å². The molecule has 5 heteroatoms. The van der Waals surface area contributed by atoms with Crippen LogP contribution < -0.4 is 0 Å². The number of amides is 1. The Balaban J connectivity index is 1.96. The predicted molar refractivity (Wildman–Crippen MR) is 68.4 cm³/mol. The number of rotatable bonds is 4. The van der Waals surface area contributed by atoms with Crippen molar-refractivity contribution in [2.45, 2.75) is 32.6 Å². The molecule has 100 valence electrons. The van der Waals surface area contributed by atoms with Crippen LogP contribution in [0, 0.1) is 6.92 Å². The molecule has 1 atom stereocenters. The lowest BCUT2D eigenvalue weighted by atomic mass is 9.93. The lowest BCUT2D eigenvalue weighted by Gasteiger charge is -2.32.